The first-order valence-electron chi connectivity index (χ1n) is 14.3. The van der Waals surface area contributed by atoms with Crippen LogP contribution in [0.15, 0.2) is 99.6 Å². The molecule has 3 aromatic carbocycles. The Kier molecular flexibility index (Phi) is 10.3. The molecule has 0 amide bonds. The quantitative estimate of drug-likeness (QED) is 0.202. The molecule has 0 aliphatic carbocycles. The lowest BCUT2D eigenvalue weighted by atomic mass is 9.90. The highest BCUT2D eigenvalue weighted by molar-refractivity contribution is 7.89. The third kappa shape index (κ3) is 9.28. The molecule has 0 radical (unpaired) electrons. The number of nitrogens with two attached hydrogens (primary N) is 3. The summed E-state index contributed by atoms with van der Waals surface area (Å²) < 4.78 is 70.1. The lowest BCUT2D eigenvalue weighted by molar-refractivity contribution is 0.596. The molecule has 13 heteroatoms. The zero-order chi connectivity index (χ0) is 33.2. The molecule has 0 unspecified atom stereocenters. The maximum absolute atomic E-state index is 11.7. The summed E-state index contributed by atoms with van der Waals surface area (Å²) in [6, 6.07) is 23.7. The van der Waals surface area contributed by atoms with Gasteiger partial charge in [0.1, 0.15) is 0 Å². The molecular formula is C32H38N4O6S3. The Bertz CT molecular complexity index is 1740. The highest BCUT2D eigenvalue weighted by Gasteiger charge is 2.17. The first kappa shape index (κ1) is 34.4. The molecule has 0 aliphatic heterocycles. The molecule has 45 heavy (non-hydrogen) atoms. The molecule has 4 aromatic rings. The number of hydrogen-bond donors (Lipinski definition) is 3. The SMILES string of the molecule is C[C@@H](Cc1cc(C[C@H](C)c2ccc(S(N)(=O)=O)cc2)nc(C[C@H](C)c2ccc(S(N)(=O)=O)cc2)c1)c1ccc(S(N)(=O)=O)cc1. The van der Waals surface area contributed by atoms with Crippen LogP contribution in [-0.2, 0) is 49.3 Å². The fourth-order valence-corrected chi connectivity index (χ4v) is 6.88. The summed E-state index contributed by atoms with van der Waals surface area (Å²) in [5.41, 5.74) is 5.67. The summed E-state index contributed by atoms with van der Waals surface area (Å²) in [5.74, 6) is 0.122. The molecule has 10 nitrogen and oxygen atoms in total. The first-order chi connectivity index (χ1) is 20.9. The van der Waals surface area contributed by atoms with Crippen molar-refractivity contribution in [2.75, 3.05) is 0 Å². The average molecular weight is 671 g/mol. The average Bonchev–Trinajstić information content (AvgIpc) is 2.96. The predicted octanol–water partition coefficient (Wildman–Crippen LogP) is 4.06. The van der Waals surface area contributed by atoms with Crippen molar-refractivity contribution in [1.29, 1.82) is 0 Å². The van der Waals surface area contributed by atoms with Crippen LogP contribution in [0.3, 0.4) is 0 Å². The first-order valence-corrected chi connectivity index (χ1v) is 18.9. The molecule has 240 valence electrons. The molecule has 1 aromatic heterocycles. The second-order valence-corrected chi connectivity index (χ2v) is 16.3. The maximum atomic E-state index is 11.7. The number of hydrogen-bond acceptors (Lipinski definition) is 7. The smallest absolute Gasteiger partial charge is 0.238 e. The van der Waals surface area contributed by atoms with Crippen LogP contribution in [-0.4, -0.2) is 30.2 Å². The van der Waals surface area contributed by atoms with Crippen molar-refractivity contribution in [2.45, 2.75) is 72.5 Å². The number of pyridine rings is 1. The summed E-state index contributed by atoms with van der Waals surface area (Å²) in [5, 5.41) is 15.8. The van der Waals surface area contributed by atoms with Gasteiger partial charge in [0.05, 0.1) is 14.7 Å². The Balaban J connectivity index is 1.62. The largest absolute Gasteiger partial charge is 0.258 e. The molecule has 0 saturated heterocycles. The van der Waals surface area contributed by atoms with Crippen molar-refractivity contribution in [1.82, 2.24) is 4.98 Å². The lowest BCUT2D eigenvalue weighted by Crippen LogP contribution is -2.12. The molecule has 0 bridgehead atoms. The van der Waals surface area contributed by atoms with Gasteiger partial charge < -0.3 is 0 Å². The van der Waals surface area contributed by atoms with Gasteiger partial charge in [-0.15, -0.1) is 0 Å². The predicted molar refractivity (Wildman–Crippen MR) is 174 cm³/mol. The van der Waals surface area contributed by atoms with Crippen molar-refractivity contribution < 1.29 is 25.3 Å². The van der Waals surface area contributed by atoms with E-state index in [2.05, 4.69) is 19.1 Å². The minimum Gasteiger partial charge on any atom is -0.258 e. The van der Waals surface area contributed by atoms with E-state index in [1.807, 2.05) is 13.8 Å². The maximum Gasteiger partial charge on any atom is 0.238 e. The van der Waals surface area contributed by atoms with Gasteiger partial charge in [0.2, 0.25) is 30.1 Å². The van der Waals surface area contributed by atoms with Gasteiger partial charge in [-0.2, -0.15) is 0 Å². The van der Waals surface area contributed by atoms with Gasteiger partial charge in [0.15, 0.2) is 0 Å². The summed E-state index contributed by atoms with van der Waals surface area (Å²) >= 11 is 0. The third-order valence-electron chi connectivity index (χ3n) is 7.90. The molecule has 0 fully saturated rings. The molecule has 3 atom stereocenters. The lowest BCUT2D eigenvalue weighted by Gasteiger charge is -2.18. The Morgan fingerprint density at radius 1 is 0.489 bits per heavy atom. The van der Waals surface area contributed by atoms with Gasteiger partial charge in [0, 0.05) is 11.4 Å². The topological polar surface area (TPSA) is 193 Å². The van der Waals surface area contributed by atoms with E-state index >= 15 is 0 Å². The minimum atomic E-state index is -3.79. The van der Waals surface area contributed by atoms with Gasteiger partial charge in [0.25, 0.3) is 0 Å². The second-order valence-electron chi connectivity index (χ2n) is 11.6. The van der Waals surface area contributed by atoms with E-state index < -0.39 is 30.1 Å². The van der Waals surface area contributed by atoms with E-state index in [-0.39, 0.29) is 32.4 Å². The van der Waals surface area contributed by atoms with E-state index in [9.17, 15) is 25.3 Å². The fraction of sp³-hybridized carbons (Fsp3) is 0.281. The van der Waals surface area contributed by atoms with Crippen molar-refractivity contribution in [3.8, 4) is 0 Å². The van der Waals surface area contributed by atoms with Crippen LogP contribution in [0.2, 0.25) is 0 Å². The van der Waals surface area contributed by atoms with Crippen LogP contribution in [0, 0.1) is 0 Å². The third-order valence-corrected chi connectivity index (χ3v) is 10.7. The standard InChI is InChI=1S/C32H38N4O6S3/c1-21(25-4-10-30(11-5-25)43(33,37)38)16-24-19-28(17-22(2)26-6-12-31(13-7-26)44(34,39)40)36-29(20-24)18-23(3)27-8-14-32(15-9-27)45(35,41)42/h4-15,19-23H,16-18H2,1-3H3,(H2,33,37,38)(H2,34,39,40)(H2,35,41,42)/t21-,22-,23-/m0/s1. The zero-order valence-electron chi connectivity index (χ0n) is 25.3. The van der Waals surface area contributed by atoms with Crippen molar-refractivity contribution in [2.24, 2.45) is 15.4 Å². The van der Waals surface area contributed by atoms with Gasteiger partial charge in [-0.25, -0.2) is 40.7 Å². The molecule has 6 N–H and O–H groups in total. The summed E-state index contributed by atoms with van der Waals surface area (Å²) in [6.07, 6.45) is 1.88. The van der Waals surface area contributed by atoms with Gasteiger partial charge in [-0.3, -0.25) is 4.98 Å². The van der Waals surface area contributed by atoms with E-state index in [1.165, 1.54) is 36.4 Å². The van der Waals surface area contributed by atoms with Crippen LogP contribution in [0.4, 0.5) is 0 Å². The molecule has 0 spiro atoms. The molecule has 4 rings (SSSR count). The molecular weight excluding hydrogens is 633 g/mol. The van der Waals surface area contributed by atoms with Crippen LogP contribution < -0.4 is 15.4 Å². The monoisotopic (exact) mass is 670 g/mol. The summed E-state index contributed by atoms with van der Waals surface area (Å²) in [4.78, 5) is 5.15. The van der Waals surface area contributed by atoms with Crippen LogP contribution in [0.5, 0.6) is 0 Å². The van der Waals surface area contributed by atoms with Crippen LogP contribution >= 0.6 is 0 Å². The Morgan fingerprint density at radius 3 is 1.02 bits per heavy atom. The fourth-order valence-electron chi connectivity index (χ4n) is 5.34. The highest BCUT2D eigenvalue weighted by atomic mass is 32.2. The van der Waals surface area contributed by atoms with Crippen LogP contribution in [0.1, 0.15) is 72.2 Å². The van der Waals surface area contributed by atoms with Crippen molar-refractivity contribution in [3.05, 3.63) is 119 Å². The molecule has 0 aliphatic rings. The highest BCUT2D eigenvalue weighted by Crippen LogP contribution is 2.28. The van der Waals surface area contributed by atoms with Gasteiger partial charge in [-0.05, 0) is 108 Å². The number of aromatic nitrogens is 1. The number of rotatable bonds is 12. The van der Waals surface area contributed by atoms with Gasteiger partial charge in [-0.1, -0.05) is 57.2 Å². The Hall–Kier alpha value is -3.46. The molecule has 1 heterocycles. The number of nitrogens with zero attached hydrogens (tertiary/aromatic N) is 1. The zero-order valence-corrected chi connectivity index (χ0v) is 27.7. The Morgan fingerprint density at radius 2 is 0.756 bits per heavy atom. The van der Waals surface area contributed by atoms with Crippen molar-refractivity contribution >= 4 is 30.1 Å². The number of benzene rings is 3. The summed E-state index contributed by atoms with van der Waals surface area (Å²) in [6.45, 7) is 6.16. The van der Waals surface area contributed by atoms with E-state index in [4.69, 9.17) is 20.4 Å². The number of primary sulfonamides is 3. The normalized spacial score (nSPS) is 14.5. The van der Waals surface area contributed by atoms with Crippen LogP contribution in [0.25, 0.3) is 0 Å². The van der Waals surface area contributed by atoms with E-state index in [0.717, 1.165) is 33.6 Å². The van der Waals surface area contributed by atoms with Gasteiger partial charge >= 0.3 is 0 Å². The summed E-state index contributed by atoms with van der Waals surface area (Å²) in [7, 11) is -11.4. The van der Waals surface area contributed by atoms with Crippen molar-refractivity contribution in [3.63, 3.8) is 0 Å². The Labute approximate surface area is 265 Å². The minimum absolute atomic E-state index is 0.0292. The number of sulfonamides is 3. The van der Waals surface area contributed by atoms with E-state index in [1.54, 1.807) is 36.4 Å². The second kappa shape index (κ2) is 13.5. The van der Waals surface area contributed by atoms with E-state index in [0.29, 0.717) is 19.3 Å². The molecule has 0 saturated carbocycles.